The van der Waals surface area contributed by atoms with Crippen LogP contribution in [0.5, 0.6) is 0 Å². The second-order valence-corrected chi connectivity index (χ2v) is 9.25. The van der Waals surface area contributed by atoms with Crippen molar-refractivity contribution in [2.75, 3.05) is 6.54 Å². The second kappa shape index (κ2) is 7.78. The summed E-state index contributed by atoms with van der Waals surface area (Å²) in [5.74, 6) is -1.74. The molecule has 1 aliphatic rings. The molecule has 26 heavy (non-hydrogen) atoms. The summed E-state index contributed by atoms with van der Waals surface area (Å²) in [4.78, 5) is 44.2. The third-order valence-corrected chi connectivity index (χ3v) is 6.94. The largest absolute Gasteiger partial charge is 0.480 e. The van der Waals surface area contributed by atoms with Gasteiger partial charge in [0.2, 0.25) is 0 Å². The van der Waals surface area contributed by atoms with Gasteiger partial charge in [0.1, 0.15) is 12.6 Å². The number of aliphatic carboxylic acids is 1. The van der Waals surface area contributed by atoms with E-state index in [2.05, 4.69) is 0 Å². The molecule has 0 aliphatic carbocycles. The summed E-state index contributed by atoms with van der Waals surface area (Å²) in [7, 11) is -4.42. The lowest BCUT2D eigenvalue weighted by molar-refractivity contribution is -0.145. The van der Waals surface area contributed by atoms with Crippen LogP contribution in [-0.2, 0) is 20.7 Å². The minimum Gasteiger partial charge on any atom is -0.480 e. The molecule has 9 heteroatoms. The predicted molar refractivity (Wildman–Crippen MR) is 93.6 cm³/mol. The lowest BCUT2D eigenvalue weighted by atomic mass is 9.82. The van der Waals surface area contributed by atoms with Gasteiger partial charge in [-0.05, 0) is 38.2 Å². The number of hydrogen-bond donors (Lipinski definition) is 3. The van der Waals surface area contributed by atoms with Crippen LogP contribution in [-0.4, -0.2) is 49.6 Å². The molecule has 2 atom stereocenters. The van der Waals surface area contributed by atoms with Crippen molar-refractivity contribution in [3.63, 3.8) is 0 Å². The van der Waals surface area contributed by atoms with E-state index in [0.717, 1.165) is 10.5 Å². The fraction of sp³-hybridized carbons (Fsp3) is 0.529. The fourth-order valence-corrected chi connectivity index (χ4v) is 3.81. The van der Waals surface area contributed by atoms with Crippen LogP contribution in [0, 0.1) is 5.92 Å². The number of likely N-dealkylation sites (tertiary alicyclic amines) is 1. The van der Waals surface area contributed by atoms with Gasteiger partial charge in [0, 0.05) is 6.54 Å². The predicted octanol–water partition coefficient (Wildman–Crippen LogP) is 2.44. The third-order valence-electron chi connectivity index (χ3n) is 5.08. The number of carbonyl (C=O) groups is 2. The molecule has 2 rings (SSSR count). The van der Waals surface area contributed by atoms with E-state index in [1.54, 1.807) is 24.3 Å². The van der Waals surface area contributed by atoms with E-state index in [0.29, 0.717) is 6.42 Å². The molecule has 1 aromatic carbocycles. The Morgan fingerprint density at radius 3 is 2.42 bits per heavy atom. The van der Waals surface area contributed by atoms with Crippen LogP contribution in [0.4, 0.5) is 4.79 Å². The summed E-state index contributed by atoms with van der Waals surface area (Å²) >= 11 is 0. The summed E-state index contributed by atoms with van der Waals surface area (Å²) in [6.07, 6.45) is -0.482. The first-order valence-electron chi connectivity index (χ1n) is 8.30. The topological polar surface area (TPSA) is 124 Å². The minimum atomic E-state index is -4.42. The van der Waals surface area contributed by atoms with Gasteiger partial charge in [-0.3, -0.25) is 9.46 Å². The Morgan fingerprint density at radius 1 is 1.27 bits per heavy atom. The number of nitrogens with zero attached hydrogens (tertiary/aromatic N) is 1. The first kappa shape index (κ1) is 20.4. The zero-order chi connectivity index (χ0) is 19.5. The van der Waals surface area contributed by atoms with Gasteiger partial charge in [-0.15, -0.1) is 0 Å². The molecule has 0 saturated carbocycles. The van der Waals surface area contributed by atoms with Gasteiger partial charge in [0.15, 0.2) is 0 Å². The van der Waals surface area contributed by atoms with Gasteiger partial charge in [-0.2, -0.15) is 0 Å². The summed E-state index contributed by atoms with van der Waals surface area (Å²) in [5, 5.41) is 8.13. The Balaban J connectivity index is 2.07. The van der Waals surface area contributed by atoms with Crippen molar-refractivity contribution >= 4 is 19.7 Å². The highest BCUT2D eigenvalue weighted by atomic mass is 31.2. The normalized spacial score (nSPS) is 21.3. The number of amides is 1. The number of rotatable bonds is 5. The zero-order valence-electron chi connectivity index (χ0n) is 14.7. The van der Waals surface area contributed by atoms with Gasteiger partial charge in [-0.1, -0.05) is 30.3 Å². The van der Waals surface area contributed by atoms with E-state index in [4.69, 9.17) is 4.74 Å². The van der Waals surface area contributed by atoms with Crippen molar-refractivity contribution in [1.82, 2.24) is 4.90 Å². The average Bonchev–Trinajstić information content (AvgIpc) is 2.59. The molecule has 0 unspecified atom stereocenters. The lowest BCUT2D eigenvalue weighted by Crippen LogP contribution is -2.53. The molecule has 144 valence electrons. The van der Waals surface area contributed by atoms with Gasteiger partial charge in [-0.25, -0.2) is 9.59 Å². The number of carbonyl (C=O) groups excluding carboxylic acids is 1. The Bertz CT molecular complexity index is 700. The van der Waals surface area contributed by atoms with E-state index in [9.17, 15) is 29.0 Å². The van der Waals surface area contributed by atoms with Crippen LogP contribution >= 0.6 is 7.60 Å². The van der Waals surface area contributed by atoms with Gasteiger partial charge in [0.25, 0.3) is 0 Å². The van der Waals surface area contributed by atoms with Crippen molar-refractivity contribution in [3.05, 3.63) is 35.9 Å². The molecule has 1 aliphatic heterocycles. The maximum atomic E-state index is 12.3. The summed E-state index contributed by atoms with van der Waals surface area (Å²) in [6, 6.07) is 7.84. The number of ether oxygens (including phenoxy) is 1. The minimum absolute atomic E-state index is 0.0277. The van der Waals surface area contributed by atoms with Crippen LogP contribution in [0.15, 0.2) is 30.3 Å². The average molecular weight is 385 g/mol. The van der Waals surface area contributed by atoms with Gasteiger partial charge in [0.05, 0.1) is 5.16 Å². The maximum Gasteiger partial charge on any atom is 0.410 e. The number of carboxylic acid groups (broad SMARTS) is 1. The molecular weight excluding hydrogens is 361 g/mol. The highest BCUT2D eigenvalue weighted by molar-refractivity contribution is 7.53. The Hall–Kier alpha value is -1.89. The van der Waals surface area contributed by atoms with Crippen LogP contribution in [0.1, 0.15) is 32.3 Å². The molecule has 1 aromatic rings. The fourth-order valence-electron chi connectivity index (χ4n) is 3.10. The van der Waals surface area contributed by atoms with Crippen LogP contribution in [0.25, 0.3) is 0 Å². The highest BCUT2D eigenvalue weighted by Crippen LogP contribution is 2.56. The first-order chi connectivity index (χ1) is 12.0. The molecule has 0 aromatic heterocycles. The first-order valence-corrected chi connectivity index (χ1v) is 9.91. The van der Waals surface area contributed by atoms with E-state index >= 15 is 0 Å². The molecule has 1 amide bonds. The molecule has 0 bridgehead atoms. The maximum absolute atomic E-state index is 12.3. The third kappa shape index (κ3) is 4.44. The molecule has 1 saturated heterocycles. The second-order valence-electron chi connectivity index (χ2n) is 7.01. The van der Waals surface area contributed by atoms with Crippen molar-refractivity contribution in [2.24, 2.45) is 5.92 Å². The van der Waals surface area contributed by atoms with Gasteiger partial charge >= 0.3 is 19.7 Å². The van der Waals surface area contributed by atoms with Crippen LogP contribution in [0.3, 0.4) is 0 Å². The standard InChI is InChI=1S/C17H24NO7P/c1-17(2,26(22,23)24)13-8-9-18(14(10-13)15(19)20)16(21)25-11-12-6-4-3-5-7-12/h3-7,13-14H,8-11H2,1-2H3,(H,19,20)(H2,22,23,24)/t13-,14+/m0/s1. The molecule has 3 N–H and O–H groups in total. The van der Waals surface area contributed by atoms with Crippen LogP contribution < -0.4 is 0 Å². The molecule has 1 fully saturated rings. The lowest BCUT2D eigenvalue weighted by Gasteiger charge is -2.43. The number of benzene rings is 1. The monoisotopic (exact) mass is 385 g/mol. The van der Waals surface area contributed by atoms with E-state index in [-0.39, 0.29) is 19.6 Å². The smallest absolute Gasteiger partial charge is 0.410 e. The van der Waals surface area contributed by atoms with Crippen molar-refractivity contribution in [3.8, 4) is 0 Å². The SMILES string of the molecule is CC(C)([C@H]1CCN(C(=O)OCc2ccccc2)[C@@H](C(=O)O)C1)P(=O)(O)O. The quantitative estimate of drug-likeness (QED) is 0.665. The zero-order valence-corrected chi connectivity index (χ0v) is 15.6. The number of hydrogen-bond acceptors (Lipinski definition) is 4. The Labute approximate surface area is 151 Å². The molecule has 8 nitrogen and oxygen atoms in total. The number of piperidine rings is 1. The number of carboxylic acids is 1. The molecule has 0 radical (unpaired) electrons. The van der Waals surface area contributed by atoms with Gasteiger partial charge < -0.3 is 19.6 Å². The van der Waals surface area contributed by atoms with Crippen LogP contribution in [0.2, 0.25) is 0 Å². The van der Waals surface area contributed by atoms with Crippen molar-refractivity contribution < 1.29 is 33.8 Å². The molecular formula is C17H24NO7P. The van der Waals surface area contributed by atoms with Crippen molar-refractivity contribution in [2.45, 2.75) is 44.5 Å². The van der Waals surface area contributed by atoms with E-state index in [1.165, 1.54) is 13.8 Å². The summed E-state index contributed by atoms with van der Waals surface area (Å²) in [5.41, 5.74) is 0.783. The van der Waals surface area contributed by atoms with E-state index < -0.39 is 36.8 Å². The Morgan fingerprint density at radius 2 is 1.88 bits per heavy atom. The van der Waals surface area contributed by atoms with Crippen molar-refractivity contribution in [1.29, 1.82) is 0 Å². The van der Waals surface area contributed by atoms with E-state index in [1.807, 2.05) is 6.07 Å². The molecule has 0 spiro atoms. The molecule has 1 heterocycles. The highest BCUT2D eigenvalue weighted by Gasteiger charge is 2.49. The Kier molecular flexibility index (Phi) is 6.11. The summed E-state index contributed by atoms with van der Waals surface area (Å²) in [6.45, 7) is 2.96. The summed E-state index contributed by atoms with van der Waals surface area (Å²) < 4.78 is 17.0.